The molecule has 0 aliphatic carbocycles. The van der Waals surface area contributed by atoms with Crippen molar-refractivity contribution in [1.82, 2.24) is 14.8 Å². The standard InChI is InChI=1S/C24H27N3O2S/c1-3-18-4-8-20(9-5-18)23-25-22(17-30-23)24(28)27-14-12-26(13-15-27)16-19-6-10-21(29-2)11-7-19/h4-11,17H,3,12-16H2,1-2H3. The van der Waals surface area contributed by atoms with E-state index in [0.29, 0.717) is 5.69 Å². The molecule has 0 saturated carbocycles. The number of hydrogen-bond donors (Lipinski definition) is 0. The minimum Gasteiger partial charge on any atom is -0.497 e. The second-order valence-electron chi connectivity index (χ2n) is 7.50. The van der Waals surface area contributed by atoms with Crippen molar-refractivity contribution < 1.29 is 9.53 Å². The Morgan fingerprint density at radius 3 is 2.30 bits per heavy atom. The van der Waals surface area contributed by atoms with Gasteiger partial charge in [0.05, 0.1) is 7.11 Å². The Morgan fingerprint density at radius 1 is 1.00 bits per heavy atom. The summed E-state index contributed by atoms with van der Waals surface area (Å²) in [5.74, 6) is 0.907. The Bertz CT molecular complexity index is 974. The van der Waals surface area contributed by atoms with Gasteiger partial charge < -0.3 is 9.64 Å². The molecule has 1 fully saturated rings. The third-order valence-corrected chi connectivity index (χ3v) is 6.45. The highest BCUT2D eigenvalue weighted by molar-refractivity contribution is 7.13. The quantitative estimate of drug-likeness (QED) is 0.594. The van der Waals surface area contributed by atoms with Crippen LogP contribution < -0.4 is 4.74 Å². The Morgan fingerprint density at radius 2 is 1.67 bits per heavy atom. The molecule has 30 heavy (non-hydrogen) atoms. The summed E-state index contributed by atoms with van der Waals surface area (Å²) in [6, 6.07) is 16.6. The second-order valence-corrected chi connectivity index (χ2v) is 8.36. The maximum Gasteiger partial charge on any atom is 0.273 e. The van der Waals surface area contributed by atoms with E-state index in [1.165, 1.54) is 22.5 Å². The third kappa shape index (κ3) is 4.71. The van der Waals surface area contributed by atoms with Gasteiger partial charge >= 0.3 is 0 Å². The van der Waals surface area contributed by atoms with Gasteiger partial charge in [0, 0.05) is 43.7 Å². The number of carbonyl (C=O) groups excluding carboxylic acids is 1. The molecular formula is C24H27N3O2S. The zero-order chi connectivity index (χ0) is 20.9. The molecule has 2 aromatic carbocycles. The number of nitrogens with zero attached hydrogens (tertiary/aromatic N) is 3. The van der Waals surface area contributed by atoms with Crippen LogP contribution in [0.3, 0.4) is 0 Å². The van der Waals surface area contributed by atoms with E-state index in [1.807, 2.05) is 22.4 Å². The van der Waals surface area contributed by atoms with Crippen LogP contribution in [0.2, 0.25) is 0 Å². The lowest BCUT2D eigenvalue weighted by molar-refractivity contribution is 0.0623. The first-order chi connectivity index (χ1) is 14.7. The molecule has 1 aliphatic heterocycles. The molecule has 4 rings (SSSR count). The van der Waals surface area contributed by atoms with Crippen molar-refractivity contribution in [2.24, 2.45) is 0 Å². The average Bonchev–Trinajstić information content (AvgIpc) is 3.30. The van der Waals surface area contributed by atoms with E-state index in [0.717, 1.165) is 55.5 Å². The van der Waals surface area contributed by atoms with Gasteiger partial charge in [0.25, 0.3) is 5.91 Å². The summed E-state index contributed by atoms with van der Waals surface area (Å²) < 4.78 is 5.22. The fourth-order valence-corrected chi connectivity index (χ4v) is 4.45. The van der Waals surface area contributed by atoms with Gasteiger partial charge in [-0.05, 0) is 29.7 Å². The number of hydrogen-bond acceptors (Lipinski definition) is 5. The van der Waals surface area contributed by atoms with Crippen LogP contribution in [-0.4, -0.2) is 54.0 Å². The molecule has 0 radical (unpaired) electrons. The highest BCUT2D eigenvalue weighted by Crippen LogP contribution is 2.25. The van der Waals surface area contributed by atoms with E-state index in [4.69, 9.17) is 4.74 Å². The summed E-state index contributed by atoms with van der Waals surface area (Å²) in [5, 5.41) is 2.79. The number of aryl methyl sites for hydroxylation is 1. The van der Waals surface area contributed by atoms with Crippen LogP contribution in [-0.2, 0) is 13.0 Å². The highest BCUT2D eigenvalue weighted by atomic mass is 32.1. The van der Waals surface area contributed by atoms with E-state index in [1.54, 1.807) is 7.11 Å². The first-order valence-corrected chi connectivity index (χ1v) is 11.2. The Labute approximate surface area is 181 Å². The second kappa shape index (κ2) is 9.41. The van der Waals surface area contributed by atoms with Gasteiger partial charge in [-0.2, -0.15) is 0 Å². The van der Waals surface area contributed by atoms with E-state index in [-0.39, 0.29) is 5.91 Å². The highest BCUT2D eigenvalue weighted by Gasteiger charge is 2.24. The molecule has 3 aromatic rings. The Balaban J connectivity index is 1.33. The molecule has 156 valence electrons. The number of amides is 1. The van der Waals surface area contributed by atoms with Gasteiger partial charge in [0.1, 0.15) is 16.5 Å². The molecule has 5 nitrogen and oxygen atoms in total. The van der Waals surface area contributed by atoms with Crippen molar-refractivity contribution in [2.75, 3.05) is 33.3 Å². The number of benzene rings is 2. The van der Waals surface area contributed by atoms with Crippen LogP contribution in [0.5, 0.6) is 5.75 Å². The van der Waals surface area contributed by atoms with Crippen LogP contribution in [0.4, 0.5) is 0 Å². The first-order valence-electron chi connectivity index (χ1n) is 10.4. The van der Waals surface area contributed by atoms with Gasteiger partial charge in [-0.1, -0.05) is 43.3 Å². The molecule has 0 N–H and O–H groups in total. The van der Waals surface area contributed by atoms with Gasteiger partial charge in [0.15, 0.2) is 0 Å². The number of methoxy groups -OCH3 is 1. The minimum absolute atomic E-state index is 0.0341. The lowest BCUT2D eigenvalue weighted by atomic mass is 10.1. The fraction of sp³-hybridized carbons (Fsp3) is 0.333. The molecule has 1 saturated heterocycles. The fourth-order valence-electron chi connectivity index (χ4n) is 3.65. The SMILES string of the molecule is CCc1ccc(-c2nc(C(=O)N3CCN(Cc4ccc(OC)cc4)CC3)cs2)cc1. The number of ether oxygens (including phenoxy) is 1. The largest absolute Gasteiger partial charge is 0.497 e. The van der Waals surface area contributed by atoms with Gasteiger partial charge in [-0.15, -0.1) is 11.3 Å². The van der Waals surface area contributed by atoms with Crippen molar-refractivity contribution in [3.63, 3.8) is 0 Å². The number of rotatable bonds is 6. The van der Waals surface area contributed by atoms with Crippen LogP contribution >= 0.6 is 11.3 Å². The predicted octanol–water partition coefficient (Wildman–Crippen LogP) is 4.34. The van der Waals surface area contributed by atoms with Gasteiger partial charge in [-0.25, -0.2) is 4.98 Å². The summed E-state index contributed by atoms with van der Waals surface area (Å²) >= 11 is 1.53. The summed E-state index contributed by atoms with van der Waals surface area (Å²) in [6.45, 7) is 6.23. The normalized spacial score (nSPS) is 14.7. The monoisotopic (exact) mass is 421 g/mol. The third-order valence-electron chi connectivity index (χ3n) is 5.56. The van der Waals surface area contributed by atoms with Crippen molar-refractivity contribution >= 4 is 17.2 Å². The van der Waals surface area contributed by atoms with E-state index in [9.17, 15) is 4.79 Å². The Hall–Kier alpha value is -2.70. The lowest BCUT2D eigenvalue weighted by Gasteiger charge is -2.34. The van der Waals surface area contributed by atoms with Crippen molar-refractivity contribution in [2.45, 2.75) is 19.9 Å². The molecular weight excluding hydrogens is 394 g/mol. The molecule has 2 heterocycles. The Kier molecular flexibility index (Phi) is 6.45. The van der Waals surface area contributed by atoms with Gasteiger partial charge in [-0.3, -0.25) is 9.69 Å². The van der Waals surface area contributed by atoms with E-state index >= 15 is 0 Å². The minimum atomic E-state index is 0.0341. The summed E-state index contributed by atoms with van der Waals surface area (Å²) in [6.07, 6.45) is 1.02. The number of thiazole rings is 1. The summed E-state index contributed by atoms with van der Waals surface area (Å²) in [5.41, 5.74) is 4.19. The van der Waals surface area contributed by atoms with Crippen LogP contribution in [0.25, 0.3) is 10.6 Å². The van der Waals surface area contributed by atoms with Crippen LogP contribution in [0.15, 0.2) is 53.9 Å². The van der Waals surface area contributed by atoms with Crippen LogP contribution in [0.1, 0.15) is 28.5 Å². The molecule has 0 spiro atoms. The van der Waals surface area contributed by atoms with Crippen LogP contribution in [0, 0.1) is 0 Å². The zero-order valence-electron chi connectivity index (χ0n) is 17.5. The topological polar surface area (TPSA) is 45.7 Å². The lowest BCUT2D eigenvalue weighted by Crippen LogP contribution is -2.48. The number of carbonyl (C=O) groups is 1. The van der Waals surface area contributed by atoms with E-state index < -0.39 is 0 Å². The maximum absolute atomic E-state index is 12.9. The van der Waals surface area contributed by atoms with Gasteiger partial charge in [0.2, 0.25) is 0 Å². The molecule has 0 bridgehead atoms. The average molecular weight is 422 g/mol. The molecule has 0 atom stereocenters. The van der Waals surface area contributed by atoms with Crippen molar-refractivity contribution in [3.05, 3.63) is 70.7 Å². The first kappa shape index (κ1) is 20.6. The molecule has 1 aliphatic rings. The molecule has 1 amide bonds. The maximum atomic E-state index is 12.9. The van der Waals surface area contributed by atoms with Crippen molar-refractivity contribution in [1.29, 1.82) is 0 Å². The molecule has 1 aromatic heterocycles. The smallest absolute Gasteiger partial charge is 0.273 e. The molecule has 0 unspecified atom stereocenters. The molecule has 6 heteroatoms. The van der Waals surface area contributed by atoms with E-state index in [2.05, 4.69) is 53.2 Å². The van der Waals surface area contributed by atoms with Crippen molar-refractivity contribution in [3.8, 4) is 16.3 Å². The number of aromatic nitrogens is 1. The summed E-state index contributed by atoms with van der Waals surface area (Å²) in [4.78, 5) is 21.8. The summed E-state index contributed by atoms with van der Waals surface area (Å²) in [7, 11) is 1.68. The predicted molar refractivity (Wildman–Crippen MR) is 121 cm³/mol. The zero-order valence-corrected chi connectivity index (χ0v) is 18.3. The number of piperazine rings is 1.